The minimum Gasteiger partial charge on any atom is -1.00 e. The predicted octanol–water partition coefficient (Wildman–Crippen LogP) is -4.76. The van der Waals surface area contributed by atoms with Crippen molar-refractivity contribution in [2.45, 2.75) is 25.4 Å². The number of hydrogen-bond donors (Lipinski definition) is 3. The molecule has 2 atom stereocenters. The van der Waals surface area contributed by atoms with Crippen molar-refractivity contribution in [1.82, 2.24) is 24.7 Å². The normalized spacial score (nSPS) is 19.2. The monoisotopic (exact) mass is 505 g/mol. The van der Waals surface area contributed by atoms with Crippen LogP contribution >= 0.6 is 0 Å². The van der Waals surface area contributed by atoms with Gasteiger partial charge in [-0.3, -0.25) is 28.6 Å². The summed E-state index contributed by atoms with van der Waals surface area (Å²) in [6, 6.07) is 5.22. The van der Waals surface area contributed by atoms with Gasteiger partial charge in [0.2, 0.25) is 5.91 Å². The summed E-state index contributed by atoms with van der Waals surface area (Å²) in [4.78, 5) is 63.9. The molecule has 0 radical (unpaired) electrons. The van der Waals surface area contributed by atoms with Crippen molar-refractivity contribution in [3.63, 3.8) is 0 Å². The maximum Gasteiger partial charge on any atom is 1.00 e. The SMILES string of the molecule is CCN1CCN(C(=O)N[C@H](Cc2ccccc2)C(=O)NC2CN(S(=O)(=O)O)C2=O)C(=O)C1=O.[H-].[Na+]. The molecule has 13 nitrogen and oxygen atoms in total. The Morgan fingerprint density at radius 3 is 2.35 bits per heavy atom. The zero-order chi connectivity index (χ0) is 24.3. The molecular formula is C19H24N5NaO8S. The molecule has 0 spiro atoms. The number of benzene rings is 1. The van der Waals surface area contributed by atoms with E-state index in [0.29, 0.717) is 17.0 Å². The molecule has 34 heavy (non-hydrogen) atoms. The maximum absolute atomic E-state index is 12.8. The van der Waals surface area contributed by atoms with Gasteiger partial charge in [0.25, 0.3) is 5.91 Å². The Morgan fingerprint density at radius 1 is 1.15 bits per heavy atom. The molecule has 2 aliphatic heterocycles. The molecule has 1 aromatic rings. The molecule has 1 unspecified atom stereocenters. The van der Waals surface area contributed by atoms with Gasteiger partial charge in [0.1, 0.15) is 12.1 Å². The Kier molecular flexibility index (Phi) is 9.19. The minimum absolute atomic E-state index is 0. The summed E-state index contributed by atoms with van der Waals surface area (Å²) in [7, 11) is -4.72. The van der Waals surface area contributed by atoms with E-state index in [1.807, 2.05) is 0 Å². The molecule has 0 saturated carbocycles. The summed E-state index contributed by atoms with van der Waals surface area (Å²) in [6.07, 6.45) is -0.00159. The number of piperazine rings is 1. The summed E-state index contributed by atoms with van der Waals surface area (Å²) >= 11 is 0. The Labute approximate surface area is 219 Å². The molecule has 1 aromatic carbocycles. The third-order valence-corrected chi connectivity index (χ3v) is 6.21. The van der Waals surface area contributed by atoms with E-state index in [1.54, 1.807) is 37.3 Å². The first-order chi connectivity index (χ1) is 15.5. The van der Waals surface area contributed by atoms with Gasteiger partial charge in [-0.05, 0) is 12.5 Å². The fourth-order valence-corrected chi connectivity index (χ4v) is 4.13. The Balaban J connectivity index is 0.00000306. The van der Waals surface area contributed by atoms with E-state index < -0.39 is 58.6 Å². The largest absolute Gasteiger partial charge is 1.00 e. The Bertz CT molecular complexity index is 1090. The zero-order valence-electron chi connectivity index (χ0n) is 19.6. The Hall–Kier alpha value is -2.52. The van der Waals surface area contributed by atoms with Crippen molar-refractivity contribution in [2.75, 3.05) is 26.2 Å². The second-order valence-electron chi connectivity index (χ2n) is 7.44. The van der Waals surface area contributed by atoms with Gasteiger partial charge in [-0.15, -0.1) is 0 Å². The molecule has 15 heteroatoms. The number of nitrogens with one attached hydrogen (secondary N) is 2. The molecular weight excluding hydrogens is 481 g/mol. The Morgan fingerprint density at radius 2 is 1.79 bits per heavy atom. The van der Waals surface area contributed by atoms with E-state index in [4.69, 9.17) is 4.55 Å². The zero-order valence-corrected chi connectivity index (χ0v) is 21.4. The molecule has 6 amide bonds. The molecule has 2 aliphatic rings. The van der Waals surface area contributed by atoms with Gasteiger partial charge in [0.15, 0.2) is 0 Å². The van der Waals surface area contributed by atoms with Crippen molar-refractivity contribution in [3.8, 4) is 0 Å². The van der Waals surface area contributed by atoms with Crippen LogP contribution in [0.4, 0.5) is 4.79 Å². The van der Waals surface area contributed by atoms with E-state index in [-0.39, 0.29) is 54.8 Å². The summed E-state index contributed by atoms with van der Waals surface area (Å²) in [5.74, 6) is -3.66. The van der Waals surface area contributed by atoms with Gasteiger partial charge in [0, 0.05) is 26.1 Å². The van der Waals surface area contributed by atoms with Gasteiger partial charge in [-0.2, -0.15) is 8.42 Å². The molecule has 0 aromatic heterocycles. The number of β-lactam (4-membered cyclic amide) rings is 1. The first-order valence-corrected chi connectivity index (χ1v) is 11.5. The quantitative estimate of drug-likeness (QED) is 0.143. The second-order valence-corrected chi connectivity index (χ2v) is 8.78. The maximum atomic E-state index is 12.8. The number of urea groups is 1. The number of carbonyl (C=O) groups is 5. The summed E-state index contributed by atoms with van der Waals surface area (Å²) < 4.78 is 31.3. The first kappa shape index (κ1) is 27.7. The summed E-state index contributed by atoms with van der Waals surface area (Å²) in [5, 5.41) is 4.75. The van der Waals surface area contributed by atoms with Gasteiger partial charge < -0.3 is 17.0 Å². The molecule has 2 heterocycles. The van der Waals surface area contributed by atoms with Crippen LogP contribution in [-0.2, 0) is 35.9 Å². The van der Waals surface area contributed by atoms with Crippen molar-refractivity contribution >= 4 is 40.0 Å². The third kappa shape index (κ3) is 6.13. The van der Waals surface area contributed by atoms with Crippen LogP contribution in [0.15, 0.2) is 30.3 Å². The molecule has 2 fully saturated rings. The van der Waals surface area contributed by atoms with E-state index in [1.165, 1.54) is 4.90 Å². The molecule has 2 saturated heterocycles. The number of carbonyl (C=O) groups excluding carboxylic acids is 5. The number of nitrogens with zero attached hydrogens (tertiary/aromatic N) is 3. The minimum atomic E-state index is -4.72. The third-order valence-electron chi connectivity index (χ3n) is 5.32. The average Bonchev–Trinajstić information content (AvgIpc) is 2.76. The molecule has 0 bridgehead atoms. The van der Waals surface area contributed by atoms with Crippen molar-refractivity contribution in [1.29, 1.82) is 0 Å². The fraction of sp³-hybridized carbons (Fsp3) is 0.421. The topological polar surface area (TPSA) is 173 Å². The van der Waals surface area contributed by atoms with Gasteiger partial charge in [0.05, 0.1) is 6.54 Å². The molecule has 0 aliphatic carbocycles. The molecule has 3 rings (SSSR count). The summed E-state index contributed by atoms with van der Waals surface area (Å²) in [5.41, 5.74) is 0.663. The van der Waals surface area contributed by atoms with E-state index in [0.717, 1.165) is 0 Å². The average molecular weight is 505 g/mol. The van der Waals surface area contributed by atoms with Crippen LogP contribution in [0.1, 0.15) is 13.9 Å². The van der Waals surface area contributed by atoms with E-state index in [9.17, 15) is 32.4 Å². The van der Waals surface area contributed by atoms with Crippen LogP contribution in [0.5, 0.6) is 0 Å². The predicted molar refractivity (Wildman–Crippen MR) is 113 cm³/mol. The van der Waals surface area contributed by atoms with Crippen molar-refractivity contribution in [3.05, 3.63) is 35.9 Å². The van der Waals surface area contributed by atoms with Gasteiger partial charge in [-0.25, -0.2) is 9.10 Å². The molecule has 180 valence electrons. The van der Waals surface area contributed by atoms with Crippen LogP contribution in [0.2, 0.25) is 0 Å². The van der Waals surface area contributed by atoms with Crippen molar-refractivity contribution in [2.24, 2.45) is 0 Å². The number of amides is 6. The number of likely N-dealkylation sites (N-methyl/N-ethyl adjacent to an activating group) is 1. The number of hydrogen-bond acceptors (Lipinski definition) is 7. The van der Waals surface area contributed by atoms with Crippen LogP contribution in [0, 0.1) is 0 Å². The number of imide groups is 1. The first-order valence-electron chi connectivity index (χ1n) is 10.1. The van der Waals surface area contributed by atoms with Crippen LogP contribution in [0.3, 0.4) is 0 Å². The molecule has 3 N–H and O–H groups in total. The second kappa shape index (κ2) is 11.3. The van der Waals surface area contributed by atoms with Crippen LogP contribution in [0.25, 0.3) is 0 Å². The van der Waals surface area contributed by atoms with E-state index >= 15 is 0 Å². The van der Waals surface area contributed by atoms with Crippen LogP contribution < -0.4 is 40.2 Å². The van der Waals surface area contributed by atoms with Crippen molar-refractivity contribution < 1.29 is 67.9 Å². The smallest absolute Gasteiger partial charge is 1.00 e. The van der Waals surface area contributed by atoms with E-state index in [2.05, 4.69) is 10.6 Å². The fourth-order valence-electron chi connectivity index (χ4n) is 3.44. The van der Waals surface area contributed by atoms with Gasteiger partial charge in [-0.1, -0.05) is 30.3 Å². The van der Waals surface area contributed by atoms with Gasteiger partial charge >= 0.3 is 57.7 Å². The standard InChI is InChI=1S/C19H23N5O8S.Na.H/c1-2-22-8-9-23(18(28)17(22)27)19(29)21-13(10-12-6-4-3-5-7-12)15(25)20-14-11-24(16(14)26)33(30,31)32;;/h3-7,13-14H,2,8-11H2,1H3,(H,20,25)(H,21,29)(H,30,31,32);;/q;+1;-1/t13-,14?;;/m1../s1. The summed E-state index contributed by atoms with van der Waals surface area (Å²) in [6.45, 7) is 1.67. The number of rotatable bonds is 7. The van der Waals surface area contributed by atoms with Crippen LogP contribution in [-0.4, -0.2) is 95.0 Å².